The summed E-state index contributed by atoms with van der Waals surface area (Å²) in [6, 6.07) is 0. The summed E-state index contributed by atoms with van der Waals surface area (Å²) in [6.07, 6.45) is 6.68. The number of carbonyl (C=O) groups excluding carboxylic acids is 4. The third-order valence-electron chi connectivity index (χ3n) is 13.5. The monoisotopic (exact) mass is 1330 g/mol. The van der Waals surface area contributed by atoms with Crippen molar-refractivity contribution in [3.63, 3.8) is 0 Å². The van der Waals surface area contributed by atoms with Crippen LogP contribution in [0, 0.1) is 79.8 Å². The Morgan fingerprint density at radius 1 is 0.386 bits per heavy atom. The maximum absolute atomic E-state index is 13.5. The van der Waals surface area contributed by atoms with Gasteiger partial charge in [0, 0.05) is 35.9 Å². The zero-order valence-corrected chi connectivity index (χ0v) is 53.3. The maximum atomic E-state index is 13.5. The first kappa shape index (κ1) is 79.3. The predicted octanol–water partition coefficient (Wildman–Crippen LogP) is 10.2. The van der Waals surface area contributed by atoms with Crippen molar-refractivity contribution in [1.29, 1.82) is 0 Å². The molecule has 0 aliphatic heterocycles. The fourth-order valence-electron chi connectivity index (χ4n) is 8.73. The Bertz CT molecular complexity index is 2640. The standard InChI is InChI=1S/C24H42O6.C18H34O8.C14H4F10O6S2/c1-21(2,3)23(11-7-8-12-23)29-19(25)17-27-15-16-28-18-20(26)30-24(22(4,5)6)13-9-10-14-24;1-17(2,3)15(21-7)25-13(19)11-23-9-10-24-12-14(20)26-16(22-8)18(4,5)6;15-3-5(17)9(21)13(10(22)6(3)18)31(25,26)29-1-2-30-32(27,28)14-11(23)7(19)4(16)8(20)12(14)24/h7-18H2,1-6H3;15-16H,9-12H2,1-8H3;1-2H2. The van der Waals surface area contributed by atoms with Gasteiger partial charge in [-0.3, -0.25) is 8.37 Å². The van der Waals surface area contributed by atoms with Crippen molar-refractivity contribution in [2.45, 2.75) is 168 Å². The molecule has 20 nitrogen and oxygen atoms in total. The summed E-state index contributed by atoms with van der Waals surface area (Å²) in [5.41, 5.74) is -1.63. The van der Waals surface area contributed by atoms with Crippen molar-refractivity contribution in [3.8, 4) is 0 Å². The van der Waals surface area contributed by atoms with Crippen LogP contribution >= 0.6 is 0 Å². The van der Waals surface area contributed by atoms with Gasteiger partial charge in [-0.1, -0.05) is 83.1 Å². The van der Waals surface area contributed by atoms with Gasteiger partial charge in [-0.25, -0.2) is 63.1 Å². The molecule has 0 bridgehead atoms. The lowest BCUT2D eigenvalue weighted by atomic mass is 9.75. The molecule has 0 radical (unpaired) electrons. The largest absolute Gasteiger partial charge is 0.457 e. The molecule has 0 heterocycles. The highest BCUT2D eigenvalue weighted by Crippen LogP contribution is 2.47. The van der Waals surface area contributed by atoms with Gasteiger partial charge in [-0.15, -0.1) is 0 Å². The van der Waals surface area contributed by atoms with Gasteiger partial charge in [0.2, 0.25) is 24.2 Å². The molecular formula is C56H80F10O20S2. The first-order chi connectivity index (χ1) is 40.4. The molecule has 0 spiro atoms. The molecule has 2 aliphatic carbocycles. The zero-order valence-electron chi connectivity index (χ0n) is 51.6. The number of methoxy groups -OCH3 is 2. The summed E-state index contributed by atoms with van der Waals surface area (Å²) in [4.78, 5) is 43.0. The second-order valence-corrected chi connectivity index (χ2v) is 27.4. The molecule has 2 unspecified atom stereocenters. The smallest absolute Gasteiger partial charge is 0.334 e. The highest BCUT2D eigenvalue weighted by molar-refractivity contribution is 7.87. The number of rotatable bonds is 27. The molecule has 2 saturated carbocycles. The summed E-state index contributed by atoms with van der Waals surface area (Å²) in [5, 5.41) is 0. The summed E-state index contributed by atoms with van der Waals surface area (Å²) in [7, 11) is -8.63. The lowest BCUT2D eigenvalue weighted by molar-refractivity contribution is -0.202. The summed E-state index contributed by atoms with van der Waals surface area (Å²) < 4.78 is 240. The first-order valence-corrected chi connectivity index (χ1v) is 30.2. The van der Waals surface area contributed by atoms with Crippen LogP contribution in [0.25, 0.3) is 0 Å². The average Bonchev–Trinajstić information content (AvgIpc) is 1.59. The van der Waals surface area contributed by atoms with E-state index in [0.29, 0.717) is 0 Å². The average molecular weight is 1330 g/mol. The van der Waals surface area contributed by atoms with E-state index in [1.165, 1.54) is 14.2 Å². The minimum Gasteiger partial charge on any atom is -0.457 e. The van der Waals surface area contributed by atoms with E-state index in [9.17, 15) is 79.9 Å². The molecule has 88 heavy (non-hydrogen) atoms. The van der Waals surface area contributed by atoms with Crippen LogP contribution in [0.15, 0.2) is 9.79 Å². The fourth-order valence-corrected chi connectivity index (χ4v) is 10.8. The van der Waals surface area contributed by atoms with Gasteiger partial charge in [-0.05, 0) is 51.4 Å². The lowest BCUT2D eigenvalue weighted by Crippen LogP contribution is -2.45. The number of esters is 4. The molecule has 2 aromatic rings. The van der Waals surface area contributed by atoms with E-state index < -0.39 is 137 Å². The molecule has 0 amide bonds. The zero-order chi connectivity index (χ0) is 67.6. The van der Waals surface area contributed by atoms with Crippen LogP contribution in [-0.2, 0) is 95.1 Å². The molecule has 0 saturated heterocycles. The Morgan fingerprint density at radius 2 is 0.614 bits per heavy atom. The SMILES string of the molecule is CC(C)(C)C1(OC(=O)COCCOCC(=O)OC2(C(C)(C)C)CCCC2)CCCC1.COC(OC(=O)COCCOCC(=O)OC(OC)C(C)(C)C)C(C)(C)C.O=S(=O)(OCCOS(=O)(=O)c1c(F)c(F)c(F)c(F)c1F)c1c(F)c(F)c(F)c(F)c1F. The van der Waals surface area contributed by atoms with E-state index in [1.807, 2.05) is 41.5 Å². The lowest BCUT2D eigenvalue weighted by Gasteiger charge is -2.41. The minimum atomic E-state index is -5.79. The Hall–Kier alpha value is -4.80. The van der Waals surface area contributed by atoms with Gasteiger partial charge in [0.25, 0.3) is 0 Å². The van der Waals surface area contributed by atoms with Crippen molar-refractivity contribution in [1.82, 2.24) is 0 Å². The number of hydrogen-bond acceptors (Lipinski definition) is 20. The Labute approximate surface area is 506 Å². The Morgan fingerprint density at radius 3 is 0.830 bits per heavy atom. The van der Waals surface area contributed by atoms with E-state index in [0.717, 1.165) is 51.4 Å². The Balaban J connectivity index is 0.000000453. The van der Waals surface area contributed by atoms with Crippen LogP contribution < -0.4 is 0 Å². The third kappa shape index (κ3) is 22.5. The maximum Gasteiger partial charge on any atom is 0.334 e. The number of ether oxygens (including phenoxy) is 10. The second-order valence-electron chi connectivity index (χ2n) is 24.3. The molecular weight excluding hydrogens is 1250 g/mol. The third-order valence-corrected chi connectivity index (χ3v) is 16.2. The molecule has 32 heteroatoms. The van der Waals surface area contributed by atoms with Crippen molar-refractivity contribution < 1.29 is 136 Å². The molecule has 0 N–H and O–H groups in total. The number of hydrogen-bond donors (Lipinski definition) is 0. The predicted molar refractivity (Wildman–Crippen MR) is 288 cm³/mol. The van der Waals surface area contributed by atoms with Crippen LogP contribution in [-0.4, -0.2) is 145 Å². The molecule has 2 atom stereocenters. The first-order valence-electron chi connectivity index (χ1n) is 27.4. The number of carbonyl (C=O) groups is 4. The van der Waals surface area contributed by atoms with Crippen LogP contribution in [0.2, 0.25) is 0 Å². The quantitative estimate of drug-likeness (QED) is 0.0118. The molecule has 4 rings (SSSR count). The van der Waals surface area contributed by atoms with E-state index in [2.05, 4.69) is 49.9 Å². The molecule has 2 aromatic carbocycles. The van der Waals surface area contributed by atoms with E-state index in [-0.39, 0.29) is 86.5 Å². The van der Waals surface area contributed by atoms with Crippen molar-refractivity contribution in [2.75, 3.05) is 80.3 Å². The highest BCUT2D eigenvalue weighted by Gasteiger charge is 2.49. The number of benzene rings is 2. The fraction of sp³-hybridized carbons (Fsp3) is 0.714. The minimum absolute atomic E-state index is 0.0909. The molecule has 2 aliphatic rings. The van der Waals surface area contributed by atoms with Gasteiger partial charge >= 0.3 is 44.1 Å². The number of halogens is 10. The van der Waals surface area contributed by atoms with E-state index in [1.54, 1.807) is 0 Å². The topological polar surface area (TPSA) is 247 Å². The van der Waals surface area contributed by atoms with Gasteiger partial charge in [-0.2, -0.15) is 16.8 Å². The van der Waals surface area contributed by atoms with Crippen LogP contribution in [0.1, 0.15) is 134 Å². The summed E-state index contributed by atoms with van der Waals surface area (Å²) >= 11 is 0. The van der Waals surface area contributed by atoms with Crippen molar-refractivity contribution in [3.05, 3.63) is 58.2 Å². The molecule has 506 valence electrons. The molecule has 2 fully saturated rings. The summed E-state index contributed by atoms with van der Waals surface area (Å²) in [6.45, 7) is 21.0. The van der Waals surface area contributed by atoms with Crippen molar-refractivity contribution >= 4 is 44.1 Å². The Kier molecular flexibility index (Phi) is 30.2. The van der Waals surface area contributed by atoms with Gasteiger partial charge in [0.1, 0.15) is 37.6 Å². The normalized spacial score (nSPS) is 16.0. The van der Waals surface area contributed by atoms with Crippen LogP contribution in [0.5, 0.6) is 0 Å². The van der Waals surface area contributed by atoms with E-state index in [4.69, 9.17) is 47.4 Å². The van der Waals surface area contributed by atoms with Gasteiger partial charge in [0.05, 0.1) is 39.6 Å². The van der Waals surface area contributed by atoms with Crippen LogP contribution in [0.3, 0.4) is 0 Å². The van der Waals surface area contributed by atoms with Crippen LogP contribution in [0.4, 0.5) is 43.9 Å². The van der Waals surface area contributed by atoms with Crippen molar-refractivity contribution in [2.24, 2.45) is 21.7 Å². The summed E-state index contributed by atoms with van der Waals surface area (Å²) in [5.74, 6) is -29.0. The van der Waals surface area contributed by atoms with E-state index >= 15 is 0 Å². The highest BCUT2D eigenvalue weighted by atomic mass is 32.2. The molecule has 0 aromatic heterocycles. The van der Waals surface area contributed by atoms with Gasteiger partial charge < -0.3 is 47.4 Å². The van der Waals surface area contributed by atoms with Gasteiger partial charge in [0.15, 0.2) is 56.3 Å². The second kappa shape index (κ2) is 33.5.